The number of rotatable bonds is 7. The molecule has 1 aromatic heterocycles. The lowest BCUT2D eigenvalue weighted by Gasteiger charge is -2.18. The molecule has 0 fully saturated rings. The Hall–Kier alpha value is -1.50. The SMILES string of the molecule is CSCC[C@H](N)C(=O)NC(C)c1cccc(-n2cccn2)c1.Cl. The van der Waals surface area contributed by atoms with E-state index >= 15 is 0 Å². The molecule has 1 unspecified atom stereocenters. The monoisotopic (exact) mass is 354 g/mol. The van der Waals surface area contributed by atoms with Gasteiger partial charge in [0, 0.05) is 12.4 Å². The van der Waals surface area contributed by atoms with Crippen LogP contribution < -0.4 is 11.1 Å². The van der Waals surface area contributed by atoms with E-state index in [0.29, 0.717) is 6.42 Å². The van der Waals surface area contributed by atoms with Crippen molar-refractivity contribution in [2.75, 3.05) is 12.0 Å². The van der Waals surface area contributed by atoms with Crippen LogP contribution >= 0.6 is 24.2 Å². The zero-order valence-electron chi connectivity index (χ0n) is 13.3. The van der Waals surface area contributed by atoms with E-state index in [9.17, 15) is 4.79 Å². The number of benzene rings is 1. The van der Waals surface area contributed by atoms with E-state index in [1.54, 1.807) is 22.6 Å². The van der Waals surface area contributed by atoms with E-state index in [4.69, 9.17) is 5.73 Å². The second kappa shape index (κ2) is 9.60. The zero-order valence-corrected chi connectivity index (χ0v) is 14.9. The summed E-state index contributed by atoms with van der Waals surface area (Å²) >= 11 is 1.69. The smallest absolute Gasteiger partial charge is 0.237 e. The number of nitrogens with one attached hydrogen (secondary N) is 1. The molecule has 0 radical (unpaired) electrons. The summed E-state index contributed by atoms with van der Waals surface area (Å²) in [7, 11) is 0. The molecule has 0 bridgehead atoms. The molecule has 23 heavy (non-hydrogen) atoms. The lowest BCUT2D eigenvalue weighted by atomic mass is 10.1. The molecule has 0 spiro atoms. The van der Waals surface area contributed by atoms with Crippen LogP contribution in [0.1, 0.15) is 24.9 Å². The van der Waals surface area contributed by atoms with Crippen LogP contribution in [0.2, 0.25) is 0 Å². The number of hydrogen-bond acceptors (Lipinski definition) is 4. The van der Waals surface area contributed by atoms with Gasteiger partial charge in [0.1, 0.15) is 0 Å². The standard InChI is InChI=1S/C16H22N4OS.ClH/c1-12(19-16(21)15(17)7-10-22-2)13-5-3-6-14(11-13)20-9-4-8-18-20;/h3-6,8-9,11-12,15H,7,10,17H2,1-2H3,(H,19,21);1H/t12?,15-;/m0./s1. The maximum absolute atomic E-state index is 12.1. The van der Waals surface area contributed by atoms with Gasteiger partial charge < -0.3 is 11.1 Å². The van der Waals surface area contributed by atoms with Crippen LogP contribution in [0.15, 0.2) is 42.7 Å². The summed E-state index contributed by atoms with van der Waals surface area (Å²) in [5.74, 6) is 0.781. The maximum atomic E-state index is 12.1. The molecule has 5 nitrogen and oxygen atoms in total. The largest absolute Gasteiger partial charge is 0.348 e. The lowest BCUT2D eigenvalue weighted by molar-refractivity contribution is -0.123. The van der Waals surface area contributed by atoms with Crippen molar-refractivity contribution in [1.29, 1.82) is 0 Å². The summed E-state index contributed by atoms with van der Waals surface area (Å²) < 4.78 is 1.79. The third kappa shape index (κ3) is 5.57. The Morgan fingerprint density at radius 3 is 2.87 bits per heavy atom. The predicted molar refractivity (Wildman–Crippen MR) is 98.3 cm³/mol. The quantitative estimate of drug-likeness (QED) is 0.801. The first-order chi connectivity index (χ1) is 10.6. The molecule has 0 aliphatic rings. The first kappa shape index (κ1) is 19.5. The fraction of sp³-hybridized carbons (Fsp3) is 0.375. The average molecular weight is 355 g/mol. The fourth-order valence-corrected chi connectivity index (χ4v) is 2.63. The highest BCUT2D eigenvalue weighted by Gasteiger charge is 2.16. The van der Waals surface area contributed by atoms with Crippen LogP contribution in [0.25, 0.3) is 5.69 Å². The minimum absolute atomic E-state index is 0. The number of amides is 1. The van der Waals surface area contributed by atoms with E-state index in [0.717, 1.165) is 17.0 Å². The highest BCUT2D eigenvalue weighted by atomic mass is 35.5. The van der Waals surface area contributed by atoms with Crippen LogP contribution in [-0.2, 0) is 4.79 Å². The molecular weight excluding hydrogens is 332 g/mol. The van der Waals surface area contributed by atoms with Gasteiger partial charge in [-0.05, 0) is 49.1 Å². The van der Waals surface area contributed by atoms with E-state index < -0.39 is 6.04 Å². The molecule has 7 heteroatoms. The molecule has 1 amide bonds. The molecule has 2 aromatic rings. The summed E-state index contributed by atoms with van der Waals surface area (Å²) in [5, 5.41) is 7.19. The third-order valence-electron chi connectivity index (χ3n) is 3.47. The Balaban J connectivity index is 0.00000264. The second-order valence-electron chi connectivity index (χ2n) is 5.16. The molecule has 1 aromatic carbocycles. The van der Waals surface area contributed by atoms with E-state index in [1.807, 2.05) is 49.7 Å². The van der Waals surface area contributed by atoms with Crippen molar-refractivity contribution >= 4 is 30.1 Å². The Bertz CT molecular complexity index is 606. The topological polar surface area (TPSA) is 72.9 Å². The fourth-order valence-electron chi connectivity index (χ4n) is 2.14. The van der Waals surface area contributed by atoms with Crippen molar-refractivity contribution in [2.45, 2.75) is 25.4 Å². The maximum Gasteiger partial charge on any atom is 0.237 e. The Morgan fingerprint density at radius 1 is 1.43 bits per heavy atom. The summed E-state index contributed by atoms with van der Waals surface area (Å²) in [6.45, 7) is 1.96. The number of nitrogens with zero attached hydrogens (tertiary/aromatic N) is 2. The normalized spacial score (nSPS) is 13.0. The van der Waals surface area contributed by atoms with Crippen LogP contribution in [0, 0.1) is 0 Å². The molecule has 126 valence electrons. The highest BCUT2D eigenvalue weighted by molar-refractivity contribution is 7.98. The van der Waals surface area contributed by atoms with Crippen molar-refractivity contribution in [1.82, 2.24) is 15.1 Å². The van der Waals surface area contributed by atoms with E-state index in [1.165, 1.54) is 0 Å². The Morgan fingerprint density at radius 2 is 2.22 bits per heavy atom. The molecule has 3 N–H and O–H groups in total. The third-order valence-corrected chi connectivity index (χ3v) is 4.11. The Labute approximate surface area is 147 Å². The molecule has 2 rings (SSSR count). The summed E-state index contributed by atoms with van der Waals surface area (Å²) in [6.07, 6.45) is 6.32. The second-order valence-corrected chi connectivity index (χ2v) is 6.15. The van der Waals surface area contributed by atoms with Crippen molar-refractivity contribution in [3.8, 4) is 5.69 Å². The van der Waals surface area contributed by atoms with Crippen molar-refractivity contribution in [3.05, 3.63) is 48.3 Å². The zero-order chi connectivity index (χ0) is 15.9. The van der Waals surface area contributed by atoms with Crippen LogP contribution in [-0.4, -0.2) is 33.7 Å². The van der Waals surface area contributed by atoms with Crippen LogP contribution in [0.3, 0.4) is 0 Å². The van der Waals surface area contributed by atoms with Gasteiger partial charge in [-0.2, -0.15) is 16.9 Å². The van der Waals surface area contributed by atoms with Crippen molar-refractivity contribution in [2.24, 2.45) is 5.73 Å². The van der Waals surface area contributed by atoms with Crippen LogP contribution in [0.4, 0.5) is 0 Å². The number of carbonyl (C=O) groups is 1. The highest BCUT2D eigenvalue weighted by Crippen LogP contribution is 2.16. The molecule has 2 atom stereocenters. The van der Waals surface area contributed by atoms with Gasteiger partial charge in [0.2, 0.25) is 5.91 Å². The molecule has 0 aliphatic heterocycles. The van der Waals surface area contributed by atoms with Crippen molar-refractivity contribution < 1.29 is 4.79 Å². The number of thioether (sulfide) groups is 1. The molecule has 0 saturated carbocycles. The average Bonchev–Trinajstić information content (AvgIpc) is 3.07. The number of aromatic nitrogens is 2. The number of nitrogens with two attached hydrogens (primary N) is 1. The molecule has 0 saturated heterocycles. The number of halogens is 1. The van der Waals surface area contributed by atoms with Gasteiger partial charge >= 0.3 is 0 Å². The van der Waals surface area contributed by atoms with Gasteiger partial charge in [-0.15, -0.1) is 12.4 Å². The van der Waals surface area contributed by atoms with Gasteiger partial charge in [0.05, 0.1) is 17.8 Å². The van der Waals surface area contributed by atoms with Gasteiger partial charge in [0.15, 0.2) is 0 Å². The van der Waals surface area contributed by atoms with E-state index in [2.05, 4.69) is 10.4 Å². The Kier molecular flexibility index (Phi) is 8.16. The minimum atomic E-state index is -0.454. The number of carbonyl (C=O) groups excluding carboxylic acids is 1. The van der Waals surface area contributed by atoms with Gasteiger partial charge in [-0.1, -0.05) is 12.1 Å². The molecular formula is C16H23ClN4OS. The van der Waals surface area contributed by atoms with Gasteiger partial charge in [0.25, 0.3) is 0 Å². The summed E-state index contributed by atoms with van der Waals surface area (Å²) in [6, 6.07) is 9.28. The van der Waals surface area contributed by atoms with Gasteiger partial charge in [-0.3, -0.25) is 4.79 Å². The molecule has 1 heterocycles. The molecule has 0 aliphatic carbocycles. The first-order valence-corrected chi connectivity index (χ1v) is 8.66. The van der Waals surface area contributed by atoms with Crippen LogP contribution in [0.5, 0.6) is 0 Å². The summed E-state index contributed by atoms with van der Waals surface area (Å²) in [5.41, 5.74) is 7.89. The number of hydrogen-bond donors (Lipinski definition) is 2. The van der Waals surface area contributed by atoms with E-state index in [-0.39, 0.29) is 24.4 Å². The predicted octanol–water partition coefficient (Wildman–Crippen LogP) is 2.55. The minimum Gasteiger partial charge on any atom is -0.348 e. The first-order valence-electron chi connectivity index (χ1n) is 7.26. The summed E-state index contributed by atoms with van der Waals surface area (Å²) in [4.78, 5) is 12.1. The van der Waals surface area contributed by atoms with Crippen molar-refractivity contribution in [3.63, 3.8) is 0 Å². The lowest BCUT2D eigenvalue weighted by Crippen LogP contribution is -2.41. The van der Waals surface area contributed by atoms with Gasteiger partial charge in [-0.25, -0.2) is 4.68 Å².